The highest BCUT2D eigenvalue weighted by atomic mass is 35.5. The van der Waals surface area contributed by atoms with Crippen LogP contribution in [0.25, 0.3) is 6.08 Å². The molecule has 0 spiro atoms. The molecule has 4 nitrogen and oxygen atoms in total. The van der Waals surface area contributed by atoms with Crippen LogP contribution in [-0.2, 0) is 6.54 Å². The zero-order valence-electron chi connectivity index (χ0n) is 12.9. The van der Waals surface area contributed by atoms with Gasteiger partial charge in [0.25, 0.3) is 0 Å². The standard InChI is InChI=1S/C18H16Cl2N4/c19-17-9-8-16(18(20)11-17)12-23(24-14-21-13-22-24)10-4-7-15-5-2-1-3-6-15/h1-9,11,13-14H,10,12H2/b7-4+. The molecule has 2 aromatic carbocycles. The van der Waals surface area contributed by atoms with Gasteiger partial charge in [0.05, 0.1) is 13.1 Å². The molecule has 0 aliphatic heterocycles. The SMILES string of the molecule is Clc1ccc(CN(C/C=C/c2ccccc2)n2cncn2)c(Cl)c1. The van der Waals surface area contributed by atoms with Gasteiger partial charge in [-0.15, -0.1) is 5.10 Å². The van der Waals surface area contributed by atoms with Crippen molar-refractivity contribution in [3.63, 3.8) is 0 Å². The maximum Gasteiger partial charge on any atom is 0.139 e. The van der Waals surface area contributed by atoms with E-state index in [9.17, 15) is 0 Å². The van der Waals surface area contributed by atoms with Crippen LogP contribution < -0.4 is 5.01 Å². The van der Waals surface area contributed by atoms with Crippen LogP contribution in [0.1, 0.15) is 11.1 Å². The van der Waals surface area contributed by atoms with E-state index in [0.717, 1.165) is 11.1 Å². The number of aromatic nitrogens is 3. The molecule has 0 aliphatic rings. The Labute approximate surface area is 150 Å². The van der Waals surface area contributed by atoms with Crippen molar-refractivity contribution in [1.82, 2.24) is 14.9 Å². The molecule has 0 unspecified atom stereocenters. The van der Waals surface area contributed by atoms with Crippen LogP contribution in [0.5, 0.6) is 0 Å². The lowest BCUT2D eigenvalue weighted by Gasteiger charge is -2.23. The smallest absolute Gasteiger partial charge is 0.139 e. The Balaban J connectivity index is 1.76. The molecule has 0 amide bonds. The lowest BCUT2D eigenvalue weighted by atomic mass is 10.2. The summed E-state index contributed by atoms with van der Waals surface area (Å²) in [4.78, 5) is 5.73. The molecular weight excluding hydrogens is 343 g/mol. The highest BCUT2D eigenvalue weighted by Gasteiger charge is 2.09. The van der Waals surface area contributed by atoms with Gasteiger partial charge in [-0.25, -0.2) is 4.98 Å². The number of hydrogen-bond acceptors (Lipinski definition) is 3. The van der Waals surface area contributed by atoms with Gasteiger partial charge >= 0.3 is 0 Å². The van der Waals surface area contributed by atoms with Crippen molar-refractivity contribution in [1.29, 1.82) is 0 Å². The average molecular weight is 359 g/mol. The molecule has 0 radical (unpaired) electrons. The third-order valence-electron chi connectivity index (χ3n) is 3.49. The number of halogens is 2. The molecule has 0 bridgehead atoms. The van der Waals surface area contributed by atoms with Crippen LogP contribution in [0, 0.1) is 0 Å². The van der Waals surface area contributed by atoms with Crippen molar-refractivity contribution in [3.8, 4) is 0 Å². The summed E-state index contributed by atoms with van der Waals surface area (Å²) in [7, 11) is 0. The number of rotatable bonds is 6. The topological polar surface area (TPSA) is 34.0 Å². The van der Waals surface area contributed by atoms with Crippen molar-refractivity contribution in [2.75, 3.05) is 11.6 Å². The normalized spacial score (nSPS) is 11.1. The third kappa shape index (κ3) is 4.37. The van der Waals surface area contributed by atoms with Crippen LogP contribution in [-0.4, -0.2) is 21.4 Å². The monoisotopic (exact) mass is 358 g/mol. The highest BCUT2D eigenvalue weighted by Crippen LogP contribution is 2.22. The van der Waals surface area contributed by atoms with E-state index in [1.54, 1.807) is 17.2 Å². The summed E-state index contributed by atoms with van der Waals surface area (Å²) in [6.45, 7) is 1.26. The van der Waals surface area contributed by atoms with Crippen LogP contribution in [0.4, 0.5) is 0 Å². The lowest BCUT2D eigenvalue weighted by Crippen LogP contribution is -2.34. The fourth-order valence-corrected chi connectivity index (χ4v) is 2.76. The summed E-state index contributed by atoms with van der Waals surface area (Å²) in [5.74, 6) is 0. The second kappa shape index (κ2) is 7.99. The fourth-order valence-electron chi connectivity index (χ4n) is 2.29. The Hall–Kier alpha value is -2.30. The van der Waals surface area contributed by atoms with Crippen LogP contribution in [0.15, 0.2) is 67.3 Å². The first kappa shape index (κ1) is 16.6. The van der Waals surface area contributed by atoms with E-state index in [1.807, 2.05) is 35.3 Å². The van der Waals surface area contributed by atoms with E-state index >= 15 is 0 Å². The summed E-state index contributed by atoms with van der Waals surface area (Å²) < 4.78 is 0. The summed E-state index contributed by atoms with van der Waals surface area (Å²) >= 11 is 12.3. The highest BCUT2D eigenvalue weighted by molar-refractivity contribution is 6.35. The number of hydrogen-bond donors (Lipinski definition) is 0. The molecule has 6 heteroatoms. The summed E-state index contributed by atoms with van der Waals surface area (Å²) in [5.41, 5.74) is 2.13. The molecule has 1 aromatic heterocycles. The molecule has 24 heavy (non-hydrogen) atoms. The minimum atomic E-state index is 0.596. The van der Waals surface area contributed by atoms with E-state index in [-0.39, 0.29) is 0 Å². The summed E-state index contributed by atoms with van der Waals surface area (Å²) in [5, 5.41) is 7.51. The van der Waals surface area contributed by atoms with Gasteiger partial charge in [-0.2, -0.15) is 4.79 Å². The van der Waals surface area contributed by atoms with Crippen LogP contribution in [0.3, 0.4) is 0 Å². The molecule has 0 saturated heterocycles. The molecule has 0 atom stereocenters. The van der Waals surface area contributed by atoms with E-state index in [4.69, 9.17) is 23.2 Å². The molecule has 3 aromatic rings. The first-order valence-electron chi connectivity index (χ1n) is 7.48. The molecule has 0 fully saturated rings. The maximum absolute atomic E-state index is 6.29. The zero-order valence-corrected chi connectivity index (χ0v) is 14.4. The minimum absolute atomic E-state index is 0.596. The van der Waals surface area contributed by atoms with Gasteiger partial charge < -0.3 is 0 Å². The van der Waals surface area contributed by atoms with Gasteiger partial charge in [-0.3, -0.25) is 5.01 Å². The van der Waals surface area contributed by atoms with E-state index in [2.05, 4.69) is 34.4 Å². The van der Waals surface area contributed by atoms with Crippen molar-refractivity contribution in [2.45, 2.75) is 6.54 Å². The Morgan fingerprint density at radius 1 is 1.08 bits per heavy atom. The molecule has 1 heterocycles. The van der Waals surface area contributed by atoms with E-state index in [1.165, 1.54) is 6.33 Å². The Kier molecular flexibility index (Phi) is 5.51. The van der Waals surface area contributed by atoms with E-state index < -0.39 is 0 Å². The first-order chi connectivity index (χ1) is 11.7. The van der Waals surface area contributed by atoms with Crippen molar-refractivity contribution in [3.05, 3.63) is 88.4 Å². The molecule has 0 aliphatic carbocycles. The average Bonchev–Trinajstić information content (AvgIpc) is 3.11. The van der Waals surface area contributed by atoms with Gasteiger partial charge in [0.2, 0.25) is 0 Å². The van der Waals surface area contributed by atoms with Gasteiger partial charge in [-0.1, -0.05) is 71.8 Å². The number of benzene rings is 2. The van der Waals surface area contributed by atoms with Crippen LogP contribution in [0.2, 0.25) is 10.0 Å². The molecule has 122 valence electrons. The Bertz CT molecular complexity index is 801. The third-order valence-corrected chi connectivity index (χ3v) is 4.08. The van der Waals surface area contributed by atoms with Gasteiger partial charge in [0, 0.05) is 10.0 Å². The van der Waals surface area contributed by atoms with Gasteiger partial charge in [0.15, 0.2) is 0 Å². The fraction of sp³-hybridized carbons (Fsp3) is 0.111. The lowest BCUT2D eigenvalue weighted by molar-refractivity contribution is 0.552. The molecule has 0 N–H and O–H groups in total. The minimum Gasteiger partial charge on any atom is -0.287 e. The van der Waals surface area contributed by atoms with Gasteiger partial charge in [0.1, 0.15) is 12.7 Å². The van der Waals surface area contributed by atoms with Gasteiger partial charge in [-0.05, 0) is 23.3 Å². The second-order valence-corrected chi connectivity index (χ2v) is 6.06. The van der Waals surface area contributed by atoms with Crippen molar-refractivity contribution >= 4 is 29.3 Å². The largest absolute Gasteiger partial charge is 0.287 e. The maximum atomic E-state index is 6.29. The predicted molar refractivity (Wildman–Crippen MR) is 98.7 cm³/mol. The summed E-state index contributed by atoms with van der Waals surface area (Å²) in [6.07, 6.45) is 7.34. The molecular formula is C18H16Cl2N4. The molecule has 0 saturated carbocycles. The van der Waals surface area contributed by atoms with Crippen molar-refractivity contribution in [2.24, 2.45) is 0 Å². The second-order valence-electron chi connectivity index (χ2n) is 5.21. The Morgan fingerprint density at radius 2 is 1.92 bits per heavy atom. The summed E-state index contributed by atoms with van der Waals surface area (Å²) in [6, 6.07) is 15.7. The van der Waals surface area contributed by atoms with Crippen molar-refractivity contribution < 1.29 is 0 Å². The zero-order chi connectivity index (χ0) is 16.8. The Morgan fingerprint density at radius 3 is 2.62 bits per heavy atom. The van der Waals surface area contributed by atoms with E-state index in [0.29, 0.717) is 23.1 Å². The quantitative estimate of drug-likeness (QED) is 0.653. The predicted octanol–water partition coefficient (Wildman–Crippen LogP) is 4.44. The first-order valence-corrected chi connectivity index (χ1v) is 8.23. The van der Waals surface area contributed by atoms with Crippen LogP contribution >= 0.6 is 23.2 Å². The number of nitrogens with zero attached hydrogens (tertiary/aromatic N) is 4. The molecule has 3 rings (SSSR count).